The molecule has 0 aromatic heterocycles. The maximum Gasteiger partial charge on any atom is 0.265 e. The number of hydrogen-bond acceptors (Lipinski definition) is 3. The Morgan fingerprint density at radius 1 is 0.897 bits per heavy atom. The van der Waals surface area contributed by atoms with Crippen LogP contribution in [0, 0.1) is 19.7 Å². The van der Waals surface area contributed by atoms with Crippen LogP contribution in [-0.4, -0.2) is 17.8 Å². The topological polar surface area (TPSA) is 55.4 Å². The molecule has 4 nitrogen and oxygen atoms in total. The second kappa shape index (κ2) is 8.69. The lowest BCUT2D eigenvalue weighted by Gasteiger charge is -2.16. The van der Waals surface area contributed by atoms with Crippen LogP contribution in [0.1, 0.15) is 34.0 Å². The van der Waals surface area contributed by atoms with Gasteiger partial charge in [-0.25, -0.2) is 4.39 Å². The number of carbonyl (C=O) groups excluding carboxylic acids is 2. The molecule has 1 amide bonds. The normalized spacial score (nSPS) is 11.6. The fourth-order valence-electron chi connectivity index (χ4n) is 2.82. The lowest BCUT2D eigenvalue weighted by atomic mass is 10.0. The number of rotatable bonds is 6. The average molecular weight is 391 g/mol. The molecule has 3 rings (SSSR count). The molecule has 0 aliphatic carbocycles. The van der Waals surface area contributed by atoms with Crippen LogP contribution in [0.4, 0.5) is 10.1 Å². The number of carbonyl (C=O) groups is 2. The molecule has 1 unspecified atom stereocenters. The summed E-state index contributed by atoms with van der Waals surface area (Å²) in [6.45, 7) is 5.55. The van der Waals surface area contributed by atoms with Gasteiger partial charge in [-0.05, 0) is 86.5 Å². The van der Waals surface area contributed by atoms with Gasteiger partial charge in [0.05, 0.1) is 0 Å². The molecule has 148 valence electrons. The lowest BCUT2D eigenvalue weighted by Crippen LogP contribution is -2.30. The van der Waals surface area contributed by atoms with E-state index >= 15 is 0 Å². The molecule has 0 fully saturated rings. The predicted molar refractivity (Wildman–Crippen MR) is 111 cm³/mol. The standard InChI is InChI=1S/C24H22FNO3/c1-15-4-5-16(2)22(14-15)26-24(28)17(3)29-21-12-8-19(9-13-21)23(27)18-6-10-20(25)11-7-18/h4-14,17H,1-3H3,(H,26,28). The van der Waals surface area contributed by atoms with Gasteiger partial charge < -0.3 is 10.1 Å². The Kier molecular flexibility index (Phi) is 6.07. The molecule has 3 aromatic carbocycles. The highest BCUT2D eigenvalue weighted by atomic mass is 19.1. The summed E-state index contributed by atoms with van der Waals surface area (Å²) in [4.78, 5) is 24.9. The number of ether oxygens (including phenoxy) is 1. The molecule has 5 heteroatoms. The number of hydrogen-bond donors (Lipinski definition) is 1. The van der Waals surface area contributed by atoms with Gasteiger partial charge >= 0.3 is 0 Å². The van der Waals surface area contributed by atoms with Gasteiger partial charge in [-0.3, -0.25) is 9.59 Å². The van der Waals surface area contributed by atoms with E-state index in [1.54, 1.807) is 31.2 Å². The Hall–Kier alpha value is -3.47. The van der Waals surface area contributed by atoms with Crippen molar-refractivity contribution in [3.8, 4) is 5.75 Å². The first kappa shape index (κ1) is 20.3. The molecular formula is C24H22FNO3. The molecule has 0 saturated heterocycles. The summed E-state index contributed by atoms with van der Waals surface area (Å²) in [5.74, 6) is -0.384. The molecule has 3 aromatic rings. The van der Waals surface area contributed by atoms with Gasteiger partial charge in [0, 0.05) is 16.8 Å². The zero-order chi connectivity index (χ0) is 21.0. The molecular weight excluding hydrogens is 369 g/mol. The van der Waals surface area contributed by atoms with Crippen LogP contribution in [0.3, 0.4) is 0 Å². The van der Waals surface area contributed by atoms with E-state index in [0.29, 0.717) is 16.9 Å². The summed E-state index contributed by atoms with van der Waals surface area (Å²) in [6, 6.07) is 17.8. The van der Waals surface area contributed by atoms with Gasteiger partial charge in [0.1, 0.15) is 11.6 Å². The number of nitrogens with one attached hydrogen (secondary N) is 1. The summed E-state index contributed by atoms with van der Waals surface area (Å²) < 4.78 is 18.7. The fourth-order valence-corrected chi connectivity index (χ4v) is 2.82. The highest BCUT2D eigenvalue weighted by Gasteiger charge is 2.16. The van der Waals surface area contributed by atoms with Crippen LogP contribution in [0.15, 0.2) is 66.7 Å². The second-order valence-corrected chi connectivity index (χ2v) is 6.93. The van der Waals surface area contributed by atoms with Gasteiger partial charge in [-0.2, -0.15) is 0 Å². The zero-order valence-corrected chi connectivity index (χ0v) is 16.5. The maximum atomic E-state index is 13.0. The van der Waals surface area contributed by atoms with Crippen LogP contribution >= 0.6 is 0 Å². The van der Waals surface area contributed by atoms with Gasteiger partial charge in [0.15, 0.2) is 11.9 Å². The molecule has 0 heterocycles. The summed E-state index contributed by atoms with van der Waals surface area (Å²) in [5, 5.41) is 2.88. The van der Waals surface area contributed by atoms with E-state index in [0.717, 1.165) is 16.8 Å². The Bertz CT molecular complexity index is 1030. The Morgan fingerprint density at radius 3 is 2.10 bits per heavy atom. The van der Waals surface area contributed by atoms with Gasteiger partial charge in [0.2, 0.25) is 0 Å². The van der Waals surface area contributed by atoms with Crippen molar-refractivity contribution in [1.82, 2.24) is 0 Å². The van der Waals surface area contributed by atoms with E-state index in [9.17, 15) is 14.0 Å². The molecule has 0 radical (unpaired) electrons. The highest BCUT2D eigenvalue weighted by Crippen LogP contribution is 2.19. The monoisotopic (exact) mass is 391 g/mol. The molecule has 29 heavy (non-hydrogen) atoms. The third-order valence-corrected chi connectivity index (χ3v) is 4.56. The smallest absolute Gasteiger partial charge is 0.265 e. The quantitative estimate of drug-likeness (QED) is 0.596. The third-order valence-electron chi connectivity index (χ3n) is 4.56. The van der Waals surface area contributed by atoms with Crippen molar-refractivity contribution in [3.05, 3.63) is 94.8 Å². The van der Waals surface area contributed by atoms with Crippen LogP contribution in [0.25, 0.3) is 0 Å². The van der Waals surface area contributed by atoms with Crippen molar-refractivity contribution >= 4 is 17.4 Å². The molecule has 1 N–H and O–H groups in total. The van der Waals surface area contributed by atoms with Crippen LogP contribution < -0.4 is 10.1 Å². The van der Waals surface area contributed by atoms with E-state index in [1.165, 1.54) is 24.3 Å². The average Bonchev–Trinajstić information content (AvgIpc) is 2.71. The lowest BCUT2D eigenvalue weighted by molar-refractivity contribution is -0.122. The van der Waals surface area contributed by atoms with Crippen LogP contribution in [0.5, 0.6) is 5.75 Å². The minimum absolute atomic E-state index is 0.211. The molecule has 0 aliphatic rings. The first-order valence-electron chi connectivity index (χ1n) is 9.28. The summed E-state index contributed by atoms with van der Waals surface area (Å²) in [6.07, 6.45) is -0.714. The zero-order valence-electron chi connectivity index (χ0n) is 16.5. The fraction of sp³-hybridized carbons (Fsp3) is 0.167. The van der Waals surface area contributed by atoms with Gasteiger partial charge in [-0.1, -0.05) is 12.1 Å². The van der Waals surface area contributed by atoms with Crippen molar-refractivity contribution in [3.63, 3.8) is 0 Å². The first-order valence-corrected chi connectivity index (χ1v) is 9.28. The minimum Gasteiger partial charge on any atom is -0.481 e. The van der Waals surface area contributed by atoms with E-state index < -0.39 is 11.9 Å². The van der Waals surface area contributed by atoms with Crippen LogP contribution in [-0.2, 0) is 4.79 Å². The Morgan fingerprint density at radius 2 is 1.48 bits per heavy atom. The second-order valence-electron chi connectivity index (χ2n) is 6.93. The van der Waals surface area contributed by atoms with E-state index in [2.05, 4.69) is 5.32 Å². The summed E-state index contributed by atoms with van der Waals surface area (Å²) in [7, 11) is 0. The van der Waals surface area contributed by atoms with Gasteiger partial charge in [-0.15, -0.1) is 0 Å². The van der Waals surface area contributed by atoms with Crippen molar-refractivity contribution in [1.29, 1.82) is 0 Å². The predicted octanol–water partition coefficient (Wildman–Crippen LogP) is 5.08. The molecule has 0 saturated carbocycles. The van der Waals surface area contributed by atoms with E-state index in [4.69, 9.17) is 4.74 Å². The van der Waals surface area contributed by atoms with E-state index in [1.807, 2.05) is 32.0 Å². The molecule has 1 atom stereocenters. The van der Waals surface area contributed by atoms with Crippen molar-refractivity contribution < 1.29 is 18.7 Å². The largest absolute Gasteiger partial charge is 0.481 e. The highest BCUT2D eigenvalue weighted by molar-refractivity contribution is 6.09. The number of anilines is 1. The number of amides is 1. The maximum absolute atomic E-state index is 13.0. The number of aryl methyl sites for hydroxylation is 2. The van der Waals surface area contributed by atoms with Crippen molar-refractivity contribution in [2.75, 3.05) is 5.32 Å². The Balaban J connectivity index is 1.64. The third kappa shape index (κ3) is 5.08. The van der Waals surface area contributed by atoms with Crippen molar-refractivity contribution in [2.45, 2.75) is 26.9 Å². The Labute approximate surface area is 169 Å². The summed E-state index contributed by atoms with van der Waals surface area (Å²) >= 11 is 0. The number of halogens is 1. The number of ketones is 1. The molecule has 0 spiro atoms. The minimum atomic E-state index is -0.714. The summed E-state index contributed by atoms with van der Waals surface area (Å²) in [5.41, 5.74) is 3.64. The van der Waals surface area contributed by atoms with E-state index in [-0.39, 0.29) is 11.7 Å². The number of benzene rings is 3. The van der Waals surface area contributed by atoms with Gasteiger partial charge in [0.25, 0.3) is 5.91 Å². The molecule has 0 aliphatic heterocycles. The van der Waals surface area contributed by atoms with Crippen LogP contribution in [0.2, 0.25) is 0 Å². The molecule has 0 bridgehead atoms. The first-order chi connectivity index (χ1) is 13.8. The van der Waals surface area contributed by atoms with Crippen molar-refractivity contribution in [2.24, 2.45) is 0 Å². The SMILES string of the molecule is Cc1ccc(C)c(NC(=O)C(C)Oc2ccc(C(=O)c3ccc(F)cc3)cc2)c1.